The molecule has 8 N–H and O–H groups in total. The van der Waals surface area contributed by atoms with Crippen LogP contribution in [0, 0.1) is 57.3 Å². The van der Waals surface area contributed by atoms with Crippen molar-refractivity contribution in [1.82, 2.24) is 0 Å². The number of carbonyl (C=O) groups excluding carboxylic acids is 9. The monoisotopic (exact) mass is 1750 g/mol. The summed E-state index contributed by atoms with van der Waals surface area (Å²) in [6.07, 6.45) is -1.58. The Morgan fingerprint density at radius 1 is 0.387 bits per heavy atom. The van der Waals surface area contributed by atoms with Gasteiger partial charge in [0.05, 0.1) is 84.8 Å². The van der Waals surface area contributed by atoms with Crippen molar-refractivity contribution in [2.75, 3.05) is 0 Å². The van der Waals surface area contributed by atoms with Crippen LogP contribution in [0.4, 0.5) is 0 Å². The highest BCUT2D eigenvalue weighted by atomic mass is 16.8. The second kappa shape index (κ2) is 59.6. The molecule has 1 aliphatic rings. The maximum Gasteiger partial charge on any atom is 0.338 e. The van der Waals surface area contributed by atoms with Crippen molar-refractivity contribution in [2.45, 2.75) is 321 Å². The molecule has 1 fully saturated rings. The SMILES string of the molecule is C=CC[C@@H](C(=O)OC(C)C)[C@H](O)C(=O)OC(C)C.CC(C)OC(=O)C[C@H](O)C(=O)OC(C)C.Cc1ccc(/C=C/C[C@@H](C(=O)OC(C)C)[C@H](O)C(=O)OC(C)C)cc1.Cc1ccc(CCC[C@@H](C(=O)O)[C@@H]2OC(C)(C)OC2=O)cc1.Cc1ccc(CCC[C@@H](C(=O)O)[C@H](O)C(=O)O)cc1.Cc1ccc(CCC[C@@H](C(=O)OC(C)C)[C@H](O)C(=O)OC(C)C)cc1. The van der Waals surface area contributed by atoms with Crippen molar-refractivity contribution in [1.29, 1.82) is 0 Å². The molecule has 0 aromatic heterocycles. The maximum atomic E-state index is 12.3. The Labute approximate surface area is 730 Å². The standard InChI is InChI=1S/C20H30O5.C20H28O5.C17H22O5.C14H18O5.C13H22O5.C10H18O5/c2*1-13(2)24-19(22)17(18(21)20(23)25-14(3)4)8-6-7-16-11-9-15(5)10-12-16;1-11-7-9-12(10-8-11)5-4-6-13(15(18)19)14-16(20)22-17(2,3)21-14;1-9-5-7-10(8-6-9)3-2-4-11(13(16)17)12(15)14(18)19;1-6-7-10(12(15)17-8(2)3)11(14)13(16)18-9(4)5;1-6(2)14-9(12)5-8(11)10(13)15-7(3)4/h9-14,17-18,21H,6-8H2,1-5H3;6-7,9-14,17-18,21H,8H2,1-5H3;7-10,13-14H,4-6H2,1-3H3,(H,18,19);5-8,11-12,15H,2-4H2,1H3,(H,16,17)(H,18,19);6,8-11,14H,1,7H2,2-5H3;6-8,11H,5H2,1-4H3/b;7-6+;;;;/t2*17-,18+;13-,14+;11-,12+;10-,11+;8-/m111110/s1. The third-order valence-electron chi connectivity index (χ3n) is 17.4. The minimum Gasteiger partial charge on any atom is -0.481 e. The lowest BCUT2D eigenvalue weighted by Crippen LogP contribution is -2.39. The van der Waals surface area contributed by atoms with Gasteiger partial charge in [-0.15, -0.1) is 6.58 Å². The van der Waals surface area contributed by atoms with E-state index in [2.05, 4.69) is 6.58 Å². The van der Waals surface area contributed by atoms with E-state index in [9.17, 15) is 88.2 Å². The smallest absolute Gasteiger partial charge is 0.338 e. The highest BCUT2D eigenvalue weighted by Crippen LogP contribution is 2.31. The number of carboxylic acid groups (broad SMARTS) is 3. The summed E-state index contributed by atoms with van der Waals surface area (Å²) >= 11 is 0. The second-order valence-corrected chi connectivity index (χ2v) is 32.6. The number of esters is 9. The highest BCUT2D eigenvalue weighted by molar-refractivity contribution is 5.87. The van der Waals surface area contributed by atoms with Crippen LogP contribution in [0.5, 0.6) is 0 Å². The average Bonchev–Trinajstić information content (AvgIpc) is 1.67. The summed E-state index contributed by atoms with van der Waals surface area (Å²) in [5, 5.41) is 75.8. The lowest BCUT2D eigenvalue weighted by Gasteiger charge is -2.22. The van der Waals surface area contributed by atoms with Crippen LogP contribution in [-0.2, 0) is 124 Å². The Morgan fingerprint density at radius 2 is 0.694 bits per heavy atom. The molecule has 124 heavy (non-hydrogen) atoms. The molecule has 0 aliphatic carbocycles. The Balaban J connectivity index is 0.00000148. The van der Waals surface area contributed by atoms with Crippen molar-refractivity contribution in [2.24, 2.45) is 29.6 Å². The number of carboxylic acids is 3. The van der Waals surface area contributed by atoms with Gasteiger partial charge in [-0.25, -0.2) is 28.8 Å². The highest BCUT2D eigenvalue weighted by Gasteiger charge is 2.48. The molecule has 1 heterocycles. The van der Waals surface area contributed by atoms with Crippen molar-refractivity contribution in [3.05, 3.63) is 160 Å². The number of cyclic esters (lactones) is 1. The minimum absolute atomic E-state index is 0.136. The molecule has 4 aromatic rings. The maximum absolute atomic E-state index is 12.3. The van der Waals surface area contributed by atoms with Gasteiger partial charge >= 0.3 is 71.6 Å². The molecule has 0 unspecified atom stereocenters. The summed E-state index contributed by atoms with van der Waals surface area (Å²) in [4.78, 5) is 139. The van der Waals surface area contributed by atoms with Gasteiger partial charge in [0.15, 0.2) is 36.6 Å². The van der Waals surface area contributed by atoms with Crippen LogP contribution in [0.1, 0.15) is 227 Å². The normalized spacial score (nSPS) is 15.1. The van der Waals surface area contributed by atoms with Gasteiger partial charge in [0, 0.05) is 13.8 Å². The zero-order valence-electron chi connectivity index (χ0n) is 76.2. The van der Waals surface area contributed by atoms with E-state index in [1.807, 2.05) is 131 Å². The molecular formula is C94H138O30. The first-order valence-electron chi connectivity index (χ1n) is 41.9. The Hall–Kier alpha value is -10.2. The molecule has 0 amide bonds. The number of carbonyl (C=O) groups is 12. The summed E-state index contributed by atoms with van der Waals surface area (Å²) < 4.78 is 50.2. The number of aliphatic hydroxyl groups is 5. The molecule has 30 heteroatoms. The molecular weight excluding hydrogens is 1610 g/mol. The van der Waals surface area contributed by atoms with Gasteiger partial charge in [-0.2, -0.15) is 0 Å². The van der Waals surface area contributed by atoms with Gasteiger partial charge < -0.3 is 88.2 Å². The topological polar surface area (TPSA) is 459 Å². The molecule has 1 aliphatic heterocycles. The number of allylic oxidation sites excluding steroid dienone is 2. The molecule has 4 aromatic carbocycles. The number of hydrogen-bond donors (Lipinski definition) is 8. The summed E-state index contributed by atoms with van der Waals surface area (Å²) in [7, 11) is 0. The largest absolute Gasteiger partial charge is 0.481 e. The number of benzene rings is 4. The molecule has 1 saturated heterocycles. The third-order valence-corrected chi connectivity index (χ3v) is 17.4. The van der Waals surface area contributed by atoms with E-state index >= 15 is 0 Å². The van der Waals surface area contributed by atoms with Crippen LogP contribution in [0.15, 0.2) is 116 Å². The fraction of sp³-hybridized carbons (Fsp3) is 0.574. The van der Waals surface area contributed by atoms with E-state index in [-0.39, 0.29) is 74.5 Å². The van der Waals surface area contributed by atoms with Crippen molar-refractivity contribution in [3.63, 3.8) is 0 Å². The van der Waals surface area contributed by atoms with Gasteiger partial charge in [0.25, 0.3) is 0 Å². The van der Waals surface area contributed by atoms with E-state index in [1.165, 1.54) is 17.2 Å². The van der Waals surface area contributed by atoms with Gasteiger partial charge in [-0.1, -0.05) is 138 Å². The van der Waals surface area contributed by atoms with Crippen LogP contribution < -0.4 is 0 Å². The summed E-state index contributed by atoms with van der Waals surface area (Å²) in [5.41, 5.74) is 9.03. The van der Waals surface area contributed by atoms with Crippen molar-refractivity contribution in [3.8, 4) is 0 Å². The van der Waals surface area contributed by atoms with Gasteiger partial charge in [-0.3, -0.25) is 28.8 Å². The number of ether oxygens (including phenoxy) is 10. The second-order valence-electron chi connectivity index (χ2n) is 32.6. The fourth-order valence-electron chi connectivity index (χ4n) is 11.3. The first-order chi connectivity index (χ1) is 57.7. The molecule has 5 rings (SSSR count). The number of aliphatic hydroxyl groups excluding tert-OH is 5. The molecule has 694 valence electrons. The number of hydrogen-bond acceptors (Lipinski definition) is 27. The lowest BCUT2D eigenvalue weighted by atomic mass is 9.94. The molecule has 0 radical (unpaired) electrons. The fourth-order valence-corrected chi connectivity index (χ4v) is 11.3. The number of aliphatic carboxylic acids is 3. The predicted molar refractivity (Wildman–Crippen MR) is 462 cm³/mol. The van der Waals surface area contributed by atoms with Crippen molar-refractivity contribution < 1.29 is 146 Å². The average molecular weight is 1750 g/mol. The van der Waals surface area contributed by atoms with E-state index in [0.717, 1.165) is 46.2 Å². The molecule has 0 spiro atoms. The van der Waals surface area contributed by atoms with Crippen LogP contribution in [0.2, 0.25) is 0 Å². The zero-order valence-corrected chi connectivity index (χ0v) is 76.2. The number of rotatable bonds is 42. The first kappa shape index (κ1) is 114. The van der Waals surface area contributed by atoms with Crippen LogP contribution in [-0.4, -0.2) is 204 Å². The van der Waals surface area contributed by atoms with E-state index in [1.54, 1.807) is 131 Å². The third kappa shape index (κ3) is 49.3. The molecule has 30 nitrogen and oxygen atoms in total. The van der Waals surface area contributed by atoms with Gasteiger partial charge in [0.1, 0.15) is 0 Å². The quantitative estimate of drug-likeness (QED) is 0.0116. The van der Waals surface area contributed by atoms with Crippen LogP contribution in [0.25, 0.3) is 6.08 Å². The minimum atomic E-state index is -1.85. The van der Waals surface area contributed by atoms with Gasteiger partial charge in [-0.05, 0) is 231 Å². The summed E-state index contributed by atoms with van der Waals surface area (Å²) in [6.45, 7) is 41.8. The molecule has 11 atom stereocenters. The van der Waals surface area contributed by atoms with E-state index in [4.69, 9.17) is 57.6 Å². The summed E-state index contributed by atoms with van der Waals surface area (Å²) in [6, 6.07) is 32.0. The molecule has 0 saturated carbocycles. The van der Waals surface area contributed by atoms with Gasteiger partial charge in [0.2, 0.25) is 5.79 Å². The molecule has 0 bridgehead atoms. The zero-order chi connectivity index (χ0) is 95.0. The van der Waals surface area contributed by atoms with Crippen molar-refractivity contribution >= 4 is 77.7 Å². The Morgan fingerprint density at radius 3 is 1.01 bits per heavy atom. The lowest BCUT2D eigenvalue weighted by molar-refractivity contribution is -0.171. The number of aryl methyl sites for hydroxylation is 7. The van der Waals surface area contributed by atoms with Crippen LogP contribution >= 0.6 is 0 Å². The summed E-state index contributed by atoms with van der Waals surface area (Å²) in [5.74, 6) is -16.1. The van der Waals surface area contributed by atoms with E-state index in [0.29, 0.717) is 38.5 Å². The van der Waals surface area contributed by atoms with E-state index < -0.39 is 144 Å². The Bertz CT molecular complexity index is 3910. The predicted octanol–water partition coefficient (Wildman–Crippen LogP) is 12.7. The Kier molecular flexibility index (Phi) is 54.7. The first-order valence-corrected chi connectivity index (χ1v) is 41.9. The van der Waals surface area contributed by atoms with Crippen LogP contribution in [0.3, 0.4) is 0 Å².